The smallest absolute Gasteiger partial charge is 0.0713 e. The highest BCUT2D eigenvalue weighted by Gasteiger charge is 2.46. The van der Waals surface area contributed by atoms with Gasteiger partial charge >= 0.3 is 0 Å². The third kappa shape index (κ3) is 5.59. The van der Waals surface area contributed by atoms with Gasteiger partial charge in [0.05, 0.1) is 5.41 Å². The summed E-state index contributed by atoms with van der Waals surface area (Å²) in [5.74, 6) is 0. The Morgan fingerprint density at radius 2 is 0.759 bits per heavy atom. The summed E-state index contributed by atoms with van der Waals surface area (Å²) < 4.78 is 0. The molecule has 8 aromatic carbocycles. The zero-order valence-electron chi connectivity index (χ0n) is 30.1. The lowest BCUT2D eigenvalue weighted by Crippen LogP contribution is -2.28. The van der Waals surface area contributed by atoms with Crippen LogP contribution in [0.1, 0.15) is 33.4 Å². The van der Waals surface area contributed by atoms with Gasteiger partial charge in [0.15, 0.2) is 0 Å². The molecule has 0 amide bonds. The van der Waals surface area contributed by atoms with E-state index in [2.05, 4.69) is 218 Å². The van der Waals surface area contributed by atoms with Gasteiger partial charge in [0, 0.05) is 17.1 Å². The Morgan fingerprint density at radius 1 is 0.352 bits per heavy atom. The summed E-state index contributed by atoms with van der Waals surface area (Å²) in [4.78, 5) is 2.38. The second kappa shape index (κ2) is 13.9. The molecule has 0 heterocycles. The van der Waals surface area contributed by atoms with E-state index in [0.717, 1.165) is 28.2 Å². The van der Waals surface area contributed by atoms with Crippen LogP contribution in [0.4, 0.5) is 17.1 Å². The molecule has 0 radical (unpaired) electrons. The first-order valence-corrected chi connectivity index (χ1v) is 18.5. The van der Waals surface area contributed by atoms with Gasteiger partial charge in [0.2, 0.25) is 0 Å². The normalized spacial score (nSPS) is 12.4. The van der Waals surface area contributed by atoms with Crippen LogP contribution < -0.4 is 4.90 Å². The third-order valence-corrected chi connectivity index (χ3v) is 10.9. The first-order valence-electron chi connectivity index (χ1n) is 18.5. The van der Waals surface area contributed by atoms with Gasteiger partial charge in [-0.05, 0) is 103 Å². The molecule has 0 N–H and O–H groups in total. The van der Waals surface area contributed by atoms with Crippen LogP contribution in [0, 0.1) is 0 Å². The van der Waals surface area contributed by atoms with Crippen LogP contribution in [0.15, 0.2) is 213 Å². The zero-order chi connectivity index (χ0) is 36.5. The maximum Gasteiger partial charge on any atom is 0.0713 e. The van der Waals surface area contributed by atoms with Crippen LogP contribution in [-0.2, 0) is 5.41 Å². The van der Waals surface area contributed by atoms with Gasteiger partial charge in [-0.2, -0.15) is 0 Å². The number of hydrogen-bond donors (Lipinski definition) is 0. The predicted molar refractivity (Wildman–Crippen MR) is 229 cm³/mol. The summed E-state index contributed by atoms with van der Waals surface area (Å²) >= 11 is 0. The Morgan fingerprint density at radius 3 is 1.24 bits per heavy atom. The predicted octanol–water partition coefficient (Wildman–Crippen LogP) is 14.1. The Balaban J connectivity index is 1.24. The molecule has 0 unspecified atom stereocenters. The number of hydrogen-bond acceptors (Lipinski definition) is 1. The van der Waals surface area contributed by atoms with Crippen LogP contribution in [0.25, 0.3) is 45.5 Å². The highest BCUT2D eigenvalue weighted by molar-refractivity contribution is 5.90. The van der Waals surface area contributed by atoms with Crippen molar-refractivity contribution in [3.05, 3.63) is 247 Å². The molecular weight excluding hydrogens is 651 g/mol. The molecule has 0 saturated heterocycles. The Bertz CT molecular complexity index is 2450. The summed E-state index contributed by atoms with van der Waals surface area (Å²) in [5.41, 5.74) is 17.3. The minimum Gasteiger partial charge on any atom is -0.310 e. The van der Waals surface area contributed by atoms with Crippen LogP contribution in [0.3, 0.4) is 0 Å². The van der Waals surface area contributed by atoms with Crippen molar-refractivity contribution in [3.8, 4) is 33.4 Å². The van der Waals surface area contributed by atoms with E-state index in [4.69, 9.17) is 0 Å². The van der Waals surface area contributed by atoms with E-state index < -0.39 is 5.41 Å². The fourth-order valence-electron chi connectivity index (χ4n) is 8.25. The van der Waals surface area contributed by atoms with Crippen molar-refractivity contribution in [2.24, 2.45) is 0 Å². The standard InChI is InChI=1S/C53H39N/c1-3-38-19-27-44(28-20-38)53(45-29-21-39(4-2)22-30-45)51-18-12-11-17-49(51)50-37-48(35-36-52(50)53)54(46-31-23-42(24-32-46)40-13-7-5-8-14-40)47-33-25-43(26-34-47)41-15-9-6-10-16-41/h3-37H,1-2H2. The number of anilines is 3. The molecule has 256 valence electrons. The number of rotatable bonds is 9. The maximum absolute atomic E-state index is 4.03. The van der Waals surface area contributed by atoms with E-state index in [1.165, 1.54) is 55.6 Å². The Kier molecular flexibility index (Phi) is 8.46. The van der Waals surface area contributed by atoms with Gasteiger partial charge in [-0.25, -0.2) is 0 Å². The zero-order valence-corrected chi connectivity index (χ0v) is 30.1. The van der Waals surface area contributed by atoms with Crippen LogP contribution in [-0.4, -0.2) is 0 Å². The molecule has 1 aliphatic rings. The fourth-order valence-corrected chi connectivity index (χ4v) is 8.25. The number of benzene rings is 8. The lowest BCUT2D eigenvalue weighted by Gasteiger charge is -2.34. The van der Waals surface area contributed by atoms with Crippen LogP contribution in [0.2, 0.25) is 0 Å². The Labute approximate surface area is 318 Å². The molecule has 0 bridgehead atoms. The van der Waals surface area contributed by atoms with Gasteiger partial charge in [0.1, 0.15) is 0 Å². The van der Waals surface area contributed by atoms with Gasteiger partial charge < -0.3 is 4.90 Å². The van der Waals surface area contributed by atoms with Crippen molar-refractivity contribution in [1.82, 2.24) is 0 Å². The lowest BCUT2D eigenvalue weighted by molar-refractivity contribution is 0.768. The minimum absolute atomic E-state index is 0.511. The first kappa shape index (κ1) is 32.9. The van der Waals surface area contributed by atoms with E-state index in [1.807, 2.05) is 12.2 Å². The van der Waals surface area contributed by atoms with E-state index in [0.29, 0.717) is 0 Å². The summed E-state index contributed by atoms with van der Waals surface area (Å²) in [6.07, 6.45) is 3.82. The molecular formula is C53H39N. The topological polar surface area (TPSA) is 3.24 Å². The van der Waals surface area contributed by atoms with E-state index >= 15 is 0 Å². The van der Waals surface area contributed by atoms with E-state index in [-0.39, 0.29) is 0 Å². The lowest BCUT2D eigenvalue weighted by atomic mass is 9.67. The van der Waals surface area contributed by atoms with Crippen LogP contribution in [0.5, 0.6) is 0 Å². The first-order chi connectivity index (χ1) is 26.7. The summed E-state index contributed by atoms with van der Waals surface area (Å²) in [6.45, 7) is 8.05. The molecule has 1 heteroatoms. The summed E-state index contributed by atoms with van der Waals surface area (Å²) in [6, 6.07) is 72.8. The van der Waals surface area contributed by atoms with Crippen LogP contribution >= 0.6 is 0 Å². The molecule has 1 nitrogen and oxygen atoms in total. The maximum atomic E-state index is 4.03. The number of fused-ring (bicyclic) bond motifs is 3. The minimum atomic E-state index is -0.511. The molecule has 0 fully saturated rings. The molecule has 54 heavy (non-hydrogen) atoms. The van der Waals surface area contributed by atoms with Crippen molar-refractivity contribution < 1.29 is 0 Å². The van der Waals surface area contributed by atoms with E-state index in [1.54, 1.807) is 0 Å². The SMILES string of the molecule is C=Cc1ccc(C2(c3ccc(C=C)cc3)c3ccccc3-c3cc(N(c4ccc(-c5ccccc5)cc4)c4ccc(-c5ccccc5)cc4)ccc32)cc1. The molecule has 0 aliphatic heterocycles. The molecule has 8 aromatic rings. The monoisotopic (exact) mass is 689 g/mol. The molecule has 0 atom stereocenters. The van der Waals surface area contributed by atoms with Crippen molar-refractivity contribution in [3.63, 3.8) is 0 Å². The van der Waals surface area contributed by atoms with Crippen molar-refractivity contribution in [2.75, 3.05) is 4.90 Å². The largest absolute Gasteiger partial charge is 0.310 e. The van der Waals surface area contributed by atoms with Gasteiger partial charge in [-0.15, -0.1) is 0 Å². The number of nitrogens with zero attached hydrogens (tertiary/aromatic N) is 1. The average molecular weight is 690 g/mol. The average Bonchev–Trinajstić information content (AvgIpc) is 3.55. The van der Waals surface area contributed by atoms with Crippen molar-refractivity contribution >= 4 is 29.2 Å². The second-order valence-electron chi connectivity index (χ2n) is 13.8. The fraction of sp³-hybridized carbons (Fsp3) is 0.0189. The molecule has 0 spiro atoms. The molecule has 1 aliphatic carbocycles. The second-order valence-corrected chi connectivity index (χ2v) is 13.8. The van der Waals surface area contributed by atoms with Gasteiger partial charge in [0.25, 0.3) is 0 Å². The third-order valence-electron chi connectivity index (χ3n) is 10.9. The highest BCUT2D eigenvalue weighted by Crippen LogP contribution is 2.57. The quantitative estimate of drug-likeness (QED) is 0.146. The van der Waals surface area contributed by atoms with Crippen molar-refractivity contribution in [1.29, 1.82) is 0 Å². The van der Waals surface area contributed by atoms with Crippen molar-refractivity contribution in [2.45, 2.75) is 5.41 Å². The molecule has 9 rings (SSSR count). The molecule has 0 saturated carbocycles. The van der Waals surface area contributed by atoms with Gasteiger partial charge in [-0.1, -0.05) is 189 Å². The summed E-state index contributed by atoms with van der Waals surface area (Å²) in [7, 11) is 0. The van der Waals surface area contributed by atoms with E-state index in [9.17, 15) is 0 Å². The Hall–Kier alpha value is -6.96. The molecule has 0 aromatic heterocycles. The summed E-state index contributed by atoms with van der Waals surface area (Å²) in [5, 5.41) is 0. The van der Waals surface area contributed by atoms with Gasteiger partial charge in [-0.3, -0.25) is 0 Å². The highest BCUT2D eigenvalue weighted by atomic mass is 15.1.